The van der Waals surface area contributed by atoms with Crippen LogP contribution in [-0.2, 0) is 9.53 Å². The summed E-state index contributed by atoms with van der Waals surface area (Å²) in [6, 6.07) is 3.59. The van der Waals surface area contributed by atoms with Crippen molar-refractivity contribution in [2.75, 3.05) is 21.3 Å². The van der Waals surface area contributed by atoms with E-state index in [0.717, 1.165) is 5.56 Å². The van der Waals surface area contributed by atoms with Gasteiger partial charge in [-0.25, -0.2) is 0 Å². The third-order valence-corrected chi connectivity index (χ3v) is 5.91. The fourth-order valence-electron chi connectivity index (χ4n) is 4.41. The highest BCUT2D eigenvalue weighted by atomic mass is 16.6. The molecule has 4 atom stereocenters. The van der Waals surface area contributed by atoms with Gasteiger partial charge in [-0.2, -0.15) is 0 Å². The zero-order valence-electron chi connectivity index (χ0n) is 16.2. The maximum absolute atomic E-state index is 12.6. The maximum atomic E-state index is 12.6. The molecule has 4 unspecified atom stereocenters. The fraction of sp³-hybridized carbons (Fsp3) is 0.476. The minimum absolute atomic E-state index is 0.155. The second-order valence-corrected chi connectivity index (χ2v) is 7.05. The van der Waals surface area contributed by atoms with Crippen molar-refractivity contribution in [1.82, 2.24) is 0 Å². The average Bonchev–Trinajstić information content (AvgIpc) is 2.90. The topological polar surface area (TPSA) is 74.2 Å². The zero-order valence-corrected chi connectivity index (χ0v) is 16.2. The van der Waals surface area contributed by atoms with Gasteiger partial charge < -0.3 is 24.1 Å². The predicted molar refractivity (Wildman–Crippen MR) is 100 cm³/mol. The molecular formula is C21H26O6. The number of allylic oxidation sites excluding steroid dienone is 2. The highest BCUT2D eigenvalue weighted by molar-refractivity contribution is 5.97. The molecule has 3 rings (SSSR count). The van der Waals surface area contributed by atoms with Crippen LogP contribution in [0.3, 0.4) is 0 Å². The van der Waals surface area contributed by atoms with Gasteiger partial charge in [0.05, 0.1) is 27.4 Å². The molecule has 0 saturated carbocycles. The van der Waals surface area contributed by atoms with Gasteiger partial charge in [-0.05, 0) is 42.5 Å². The number of methoxy groups -OCH3 is 3. The second-order valence-electron chi connectivity index (χ2n) is 7.05. The van der Waals surface area contributed by atoms with Crippen LogP contribution in [0.5, 0.6) is 17.2 Å². The molecule has 2 aliphatic rings. The smallest absolute Gasteiger partial charge is 0.237 e. The van der Waals surface area contributed by atoms with Crippen LogP contribution in [0, 0.1) is 11.3 Å². The van der Waals surface area contributed by atoms with Gasteiger partial charge in [0.2, 0.25) is 17.3 Å². The first-order chi connectivity index (χ1) is 12.9. The van der Waals surface area contributed by atoms with Crippen LogP contribution >= 0.6 is 0 Å². The van der Waals surface area contributed by atoms with Crippen LogP contribution in [0.25, 0.3) is 0 Å². The highest BCUT2D eigenvalue weighted by Gasteiger charge is 2.66. The van der Waals surface area contributed by atoms with Gasteiger partial charge in [0.25, 0.3) is 0 Å². The van der Waals surface area contributed by atoms with Gasteiger partial charge in [0.15, 0.2) is 11.5 Å². The quantitative estimate of drug-likeness (QED) is 0.771. The van der Waals surface area contributed by atoms with E-state index in [2.05, 4.69) is 6.58 Å². The summed E-state index contributed by atoms with van der Waals surface area (Å²) in [6.07, 6.45) is 5.40. The fourth-order valence-corrected chi connectivity index (χ4v) is 4.41. The van der Waals surface area contributed by atoms with E-state index in [0.29, 0.717) is 30.1 Å². The molecule has 6 heteroatoms. The van der Waals surface area contributed by atoms with Crippen LogP contribution in [0.4, 0.5) is 0 Å². The Bertz CT molecular complexity index is 760. The maximum Gasteiger partial charge on any atom is 0.237 e. The molecule has 1 heterocycles. The molecule has 1 aliphatic carbocycles. The van der Waals surface area contributed by atoms with E-state index in [1.165, 1.54) is 13.2 Å². The summed E-state index contributed by atoms with van der Waals surface area (Å²) in [5, 5.41) is 11.3. The van der Waals surface area contributed by atoms with Crippen molar-refractivity contribution >= 4 is 5.78 Å². The summed E-state index contributed by atoms with van der Waals surface area (Å²) in [6.45, 7) is 5.81. The molecule has 1 saturated heterocycles. The summed E-state index contributed by atoms with van der Waals surface area (Å²) in [4.78, 5) is 12.6. The van der Waals surface area contributed by atoms with Crippen LogP contribution in [0.15, 0.2) is 36.9 Å². The van der Waals surface area contributed by atoms with Crippen molar-refractivity contribution in [3.8, 4) is 17.2 Å². The molecule has 0 amide bonds. The number of ether oxygens (including phenoxy) is 4. The van der Waals surface area contributed by atoms with E-state index in [9.17, 15) is 9.90 Å². The molecule has 0 aromatic heterocycles. The Morgan fingerprint density at radius 3 is 2.41 bits per heavy atom. The predicted octanol–water partition coefficient (Wildman–Crippen LogP) is 3.20. The Morgan fingerprint density at radius 2 is 1.89 bits per heavy atom. The standard InChI is InChI=1S/C21H26O6/c1-6-9-20-10-7-8-17(22)21(20,23)27-18(13(20)2)14-11-15(24-3)19(26-5)16(12-14)25-4/h6-8,11-13,18,23H,1,9-10H2,2-5H3. The van der Waals surface area contributed by atoms with Crippen molar-refractivity contribution in [3.05, 3.63) is 42.5 Å². The van der Waals surface area contributed by atoms with E-state index < -0.39 is 23.1 Å². The first-order valence-corrected chi connectivity index (χ1v) is 8.90. The van der Waals surface area contributed by atoms with Crippen LogP contribution < -0.4 is 14.2 Å². The first kappa shape index (κ1) is 19.5. The van der Waals surface area contributed by atoms with Gasteiger partial charge in [-0.15, -0.1) is 6.58 Å². The number of carbonyl (C=O) groups is 1. The third kappa shape index (κ3) is 2.66. The van der Waals surface area contributed by atoms with Crippen molar-refractivity contribution in [2.24, 2.45) is 11.3 Å². The lowest BCUT2D eigenvalue weighted by Gasteiger charge is -2.42. The third-order valence-electron chi connectivity index (χ3n) is 5.91. The number of aliphatic hydroxyl groups is 1. The lowest BCUT2D eigenvalue weighted by atomic mass is 9.62. The highest BCUT2D eigenvalue weighted by Crippen LogP contribution is 2.61. The number of rotatable bonds is 6. The van der Waals surface area contributed by atoms with Crippen molar-refractivity contribution in [2.45, 2.75) is 31.7 Å². The SMILES string of the molecule is C=CCC12CC=CC(=O)C1(O)OC(c1cc(OC)c(OC)c(OC)c1)C2C. The molecule has 1 N–H and O–H groups in total. The minimum atomic E-state index is -1.89. The Kier molecular flexibility index (Phi) is 5.06. The van der Waals surface area contributed by atoms with Gasteiger partial charge >= 0.3 is 0 Å². The molecule has 0 bridgehead atoms. The van der Waals surface area contributed by atoms with Crippen molar-refractivity contribution in [1.29, 1.82) is 0 Å². The summed E-state index contributed by atoms with van der Waals surface area (Å²) in [5.74, 6) is -1.02. The Hall–Kier alpha value is -2.31. The molecule has 1 fully saturated rings. The molecule has 1 aromatic rings. The van der Waals surface area contributed by atoms with Gasteiger partial charge in [0, 0.05) is 5.41 Å². The number of hydrogen-bond acceptors (Lipinski definition) is 6. The van der Waals surface area contributed by atoms with Gasteiger partial charge in [-0.3, -0.25) is 4.79 Å². The number of hydrogen-bond donors (Lipinski definition) is 1. The summed E-state index contributed by atoms with van der Waals surface area (Å²) >= 11 is 0. The largest absolute Gasteiger partial charge is 0.493 e. The summed E-state index contributed by atoms with van der Waals surface area (Å²) in [5.41, 5.74) is -0.0258. The number of benzene rings is 1. The molecule has 1 aromatic carbocycles. The Morgan fingerprint density at radius 1 is 1.26 bits per heavy atom. The normalized spacial score (nSPS) is 32.1. The summed E-state index contributed by atoms with van der Waals surface area (Å²) in [7, 11) is 4.62. The molecule has 6 nitrogen and oxygen atoms in total. The van der Waals surface area contributed by atoms with E-state index >= 15 is 0 Å². The second kappa shape index (κ2) is 7.02. The molecule has 0 radical (unpaired) electrons. The molecule has 146 valence electrons. The number of fused-ring (bicyclic) bond motifs is 1. The zero-order chi connectivity index (χ0) is 19.8. The van der Waals surface area contributed by atoms with E-state index in [1.807, 2.05) is 6.92 Å². The monoisotopic (exact) mass is 374 g/mol. The first-order valence-electron chi connectivity index (χ1n) is 8.90. The molecule has 27 heavy (non-hydrogen) atoms. The lowest BCUT2D eigenvalue weighted by molar-refractivity contribution is -0.229. The van der Waals surface area contributed by atoms with Gasteiger partial charge in [0.1, 0.15) is 0 Å². The molecule has 0 spiro atoms. The van der Waals surface area contributed by atoms with Crippen LogP contribution in [0.1, 0.15) is 31.4 Å². The van der Waals surface area contributed by atoms with Crippen molar-refractivity contribution in [3.63, 3.8) is 0 Å². The lowest BCUT2D eigenvalue weighted by Crippen LogP contribution is -2.54. The molecule has 1 aliphatic heterocycles. The van der Waals surface area contributed by atoms with Crippen molar-refractivity contribution < 1.29 is 28.8 Å². The summed E-state index contributed by atoms with van der Waals surface area (Å²) < 4.78 is 22.3. The molecular weight excluding hydrogens is 348 g/mol. The van der Waals surface area contributed by atoms with E-state index in [1.54, 1.807) is 38.5 Å². The van der Waals surface area contributed by atoms with Crippen LogP contribution in [0.2, 0.25) is 0 Å². The number of ketones is 1. The van der Waals surface area contributed by atoms with E-state index in [-0.39, 0.29) is 5.92 Å². The van der Waals surface area contributed by atoms with Crippen LogP contribution in [-0.4, -0.2) is 38.0 Å². The number of carbonyl (C=O) groups excluding carboxylic acids is 1. The average molecular weight is 374 g/mol. The Balaban J connectivity index is 2.12. The van der Waals surface area contributed by atoms with E-state index in [4.69, 9.17) is 18.9 Å². The van der Waals surface area contributed by atoms with Gasteiger partial charge in [-0.1, -0.05) is 19.1 Å². The minimum Gasteiger partial charge on any atom is -0.493 e. The Labute approximate surface area is 159 Å².